The van der Waals surface area contributed by atoms with Gasteiger partial charge < -0.3 is 15.0 Å². The summed E-state index contributed by atoms with van der Waals surface area (Å²) in [6.07, 6.45) is 0.359. The Morgan fingerprint density at radius 3 is 2.44 bits per heavy atom. The topological polar surface area (TPSA) is 94.7 Å². The van der Waals surface area contributed by atoms with E-state index in [1.807, 2.05) is 60.7 Å². The van der Waals surface area contributed by atoms with Crippen molar-refractivity contribution in [2.75, 3.05) is 12.0 Å². The zero-order valence-corrected chi connectivity index (χ0v) is 24.0. The van der Waals surface area contributed by atoms with Crippen LogP contribution in [-0.4, -0.2) is 40.9 Å². The van der Waals surface area contributed by atoms with Gasteiger partial charge in [0.15, 0.2) is 0 Å². The van der Waals surface area contributed by atoms with Crippen LogP contribution in [0.25, 0.3) is 10.9 Å². The summed E-state index contributed by atoms with van der Waals surface area (Å²) in [6, 6.07) is 27.6. The van der Waals surface area contributed by atoms with Crippen molar-refractivity contribution in [2.45, 2.75) is 25.0 Å². The Morgan fingerprint density at radius 2 is 1.67 bits per heavy atom. The summed E-state index contributed by atoms with van der Waals surface area (Å²) in [5, 5.41) is 4.54. The highest BCUT2D eigenvalue weighted by atomic mass is 35.5. The van der Waals surface area contributed by atoms with E-state index in [0.717, 1.165) is 38.2 Å². The number of aromatic nitrogens is 1. The standard InChI is InChI=1S/C34H27ClN4O4/c1-43-23-16-12-21(13-17-23)31-30-26(24-6-2-4-8-27(24)37-30)18-29-33(41)39(34(42)38(29)31)28-9-5-3-7-25(28)32(40)36-19-20-10-14-22(35)15-11-20/h2-17,29,31,37H,18-19H2,1H3,(H,36,40)/t29-,31+/m0/s1. The van der Waals surface area contributed by atoms with E-state index in [1.165, 1.54) is 0 Å². The molecule has 0 radical (unpaired) electrons. The molecule has 2 atom stereocenters. The first-order chi connectivity index (χ1) is 20.9. The average Bonchev–Trinajstić information content (AvgIpc) is 3.53. The summed E-state index contributed by atoms with van der Waals surface area (Å²) >= 11 is 5.99. The summed E-state index contributed by atoms with van der Waals surface area (Å²) in [4.78, 5) is 48.2. The number of fused-ring (bicyclic) bond motifs is 4. The van der Waals surface area contributed by atoms with Crippen molar-refractivity contribution in [3.8, 4) is 5.75 Å². The van der Waals surface area contributed by atoms with Crippen LogP contribution in [-0.2, 0) is 17.8 Å². The number of aromatic amines is 1. The summed E-state index contributed by atoms with van der Waals surface area (Å²) in [5.74, 6) is -0.0618. The number of anilines is 1. The number of amides is 4. The monoisotopic (exact) mass is 590 g/mol. The van der Waals surface area contributed by atoms with Crippen molar-refractivity contribution in [1.82, 2.24) is 15.2 Å². The highest BCUT2D eigenvalue weighted by Gasteiger charge is 2.53. The molecule has 9 heteroatoms. The van der Waals surface area contributed by atoms with Crippen LogP contribution in [0.4, 0.5) is 10.5 Å². The van der Waals surface area contributed by atoms with Gasteiger partial charge in [0.25, 0.3) is 11.8 Å². The molecule has 0 bridgehead atoms. The Hall–Kier alpha value is -5.08. The summed E-state index contributed by atoms with van der Waals surface area (Å²) in [7, 11) is 1.60. The number of nitrogens with one attached hydrogen (secondary N) is 2. The first-order valence-electron chi connectivity index (χ1n) is 14.0. The smallest absolute Gasteiger partial charge is 0.332 e. The summed E-state index contributed by atoms with van der Waals surface area (Å²) in [5.41, 5.74) is 5.04. The minimum atomic E-state index is -0.739. The van der Waals surface area contributed by atoms with E-state index in [2.05, 4.69) is 10.3 Å². The van der Waals surface area contributed by atoms with Gasteiger partial charge >= 0.3 is 6.03 Å². The number of ether oxygens (including phenoxy) is 1. The maximum Gasteiger partial charge on any atom is 0.332 e. The van der Waals surface area contributed by atoms with Crippen LogP contribution in [0.1, 0.15) is 38.8 Å². The fourth-order valence-electron chi connectivity index (χ4n) is 6.17. The lowest BCUT2D eigenvalue weighted by molar-refractivity contribution is -0.120. The van der Waals surface area contributed by atoms with Crippen LogP contribution in [0.15, 0.2) is 97.1 Å². The van der Waals surface area contributed by atoms with Crippen molar-refractivity contribution in [3.63, 3.8) is 0 Å². The van der Waals surface area contributed by atoms with Crippen LogP contribution in [0.3, 0.4) is 0 Å². The number of hydrogen-bond donors (Lipinski definition) is 2. The lowest BCUT2D eigenvalue weighted by atomic mass is 9.89. The van der Waals surface area contributed by atoms with E-state index in [9.17, 15) is 14.4 Å². The Bertz CT molecular complexity index is 1880. The second-order valence-electron chi connectivity index (χ2n) is 10.6. The van der Waals surface area contributed by atoms with Gasteiger partial charge in [0, 0.05) is 34.6 Å². The molecule has 0 spiro atoms. The van der Waals surface area contributed by atoms with Crippen molar-refractivity contribution < 1.29 is 19.1 Å². The van der Waals surface area contributed by atoms with Gasteiger partial charge in [-0.15, -0.1) is 0 Å². The Morgan fingerprint density at radius 1 is 0.953 bits per heavy atom. The minimum absolute atomic E-state index is 0.239. The van der Waals surface area contributed by atoms with Gasteiger partial charge in [-0.2, -0.15) is 0 Å². The van der Waals surface area contributed by atoms with Gasteiger partial charge in [0.1, 0.15) is 17.8 Å². The Balaban J connectivity index is 1.27. The summed E-state index contributed by atoms with van der Waals surface area (Å²) in [6.45, 7) is 0.266. The molecule has 2 aliphatic rings. The molecule has 2 aliphatic heterocycles. The molecule has 43 heavy (non-hydrogen) atoms. The number of nitrogens with zero attached hydrogens (tertiary/aromatic N) is 2. The van der Waals surface area contributed by atoms with Crippen LogP contribution >= 0.6 is 11.6 Å². The number of urea groups is 1. The molecule has 2 N–H and O–H groups in total. The van der Waals surface area contributed by atoms with Crippen molar-refractivity contribution in [3.05, 3.63) is 130 Å². The highest BCUT2D eigenvalue weighted by Crippen LogP contribution is 2.45. The van der Waals surface area contributed by atoms with Crippen LogP contribution < -0.4 is 15.0 Å². The number of benzene rings is 4. The van der Waals surface area contributed by atoms with Crippen LogP contribution in [0.5, 0.6) is 5.75 Å². The van der Waals surface area contributed by atoms with E-state index < -0.39 is 18.1 Å². The molecule has 0 unspecified atom stereocenters. The van der Waals surface area contributed by atoms with E-state index in [0.29, 0.717) is 17.2 Å². The van der Waals surface area contributed by atoms with Crippen molar-refractivity contribution >= 4 is 46.0 Å². The molecule has 0 aliphatic carbocycles. The normalized spacial score (nSPS) is 17.6. The van der Waals surface area contributed by atoms with Crippen LogP contribution in [0, 0.1) is 0 Å². The van der Waals surface area contributed by atoms with Gasteiger partial charge in [0.2, 0.25) is 0 Å². The SMILES string of the molecule is COc1ccc([C@@H]2c3[nH]c4ccccc4c3C[C@H]3C(=O)N(c4ccccc4C(=O)NCc4ccc(Cl)cc4)C(=O)N23)cc1. The fraction of sp³-hybridized carbons (Fsp3) is 0.147. The number of hydrogen-bond acceptors (Lipinski definition) is 4. The number of rotatable bonds is 6. The van der Waals surface area contributed by atoms with Gasteiger partial charge in [-0.05, 0) is 59.2 Å². The van der Waals surface area contributed by atoms with Crippen molar-refractivity contribution in [1.29, 1.82) is 0 Å². The highest BCUT2D eigenvalue weighted by molar-refractivity contribution is 6.30. The fourth-order valence-corrected chi connectivity index (χ4v) is 6.30. The zero-order valence-electron chi connectivity index (χ0n) is 23.2. The van der Waals surface area contributed by atoms with Gasteiger partial charge in [-0.25, -0.2) is 9.69 Å². The third-order valence-electron chi connectivity index (χ3n) is 8.24. The lowest BCUT2D eigenvalue weighted by Crippen LogP contribution is -2.44. The van der Waals surface area contributed by atoms with E-state index in [1.54, 1.807) is 48.4 Å². The predicted molar refractivity (Wildman–Crippen MR) is 164 cm³/mol. The quantitative estimate of drug-likeness (QED) is 0.229. The molecule has 5 aromatic rings. The Labute approximate surface area is 252 Å². The molecule has 1 fully saturated rings. The number of halogens is 1. The number of imide groups is 1. The average molecular weight is 591 g/mol. The molecule has 4 amide bonds. The number of H-pyrrole nitrogens is 1. The number of carbonyl (C=O) groups is 3. The van der Waals surface area contributed by atoms with Crippen molar-refractivity contribution in [2.24, 2.45) is 0 Å². The molecular formula is C34H27ClN4O4. The number of carbonyl (C=O) groups excluding carboxylic acids is 3. The molecule has 4 aromatic carbocycles. The zero-order chi connectivity index (χ0) is 29.7. The van der Waals surface area contributed by atoms with E-state index >= 15 is 0 Å². The lowest BCUT2D eigenvalue weighted by Gasteiger charge is -2.36. The predicted octanol–water partition coefficient (Wildman–Crippen LogP) is 6.24. The second-order valence-corrected chi connectivity index (χ2v) is 11.1. The molecule has 214 valence electrons. The maximum atomic E-state index is 14.3. The second kappa shape index (κ2) is 10.6. The van der Waals surface area contributed by atoms with Crippen LogP contribution in [0.2, 0.25) is 5.02 Å². The van der Waals surface area contributed by atoms with Gasteiger partial charge in [-0.1, -0.05) is 66.2 Å². The minimum Gasteiger partial charge on any atom is -0.497 e. The number of methoxy groups -OCH3 is 1. The third-order valence-corrected chi connectivity index (χ3v) is 8.49. The Kier molecular flexibility index (Phi) is 6.63. The van der Waals surface area contributed by atoms with E-state index in [-0.39, 0.29) is 29.6 Å². The summed E-state index contributed by atoms with van der Waals surface area (Å²) < 4.78 is 5.37. The largest absolute Gasteiger partial charge is 0.497 e. The molecule has 1 saturated heterocycles. The molecule has 8 nitrogen and oxygen atoms in total. The third kappa shape index (κ3) is 4.51. The molecule has 3 heterocycles. The first-order valence-corrected chi connectivity index (χ1v) is 14.3. The molecule has 7 rings (SSSR count). The van der Waals surface area contributed by atoms with Gasteiger partial charge in [-0.3, -0.25) is 14.5 Å². The maximum absolute atomic E-state index is 14.3. The molecule has 0 saturated carbocycles. The number of para-hydroxylation sites is 2. The molecular weight excluding hydrogens is 564 g/mol. The molecule has 1 aromatic heterocycles. The van der Waals surface area contributed by atoms with E-state index in [4.69, 9.17) is 16.3 Å². The first kappa shape index (κ1) is 26.8. The van der Waals surface area contributed by atoms with Gasteiger partial charge in [0.05, 0.1) is 18.4 Å².